The summed E-state index contributed by atoms with van der Waals surface area (Å²) in [4.78, 5) is 0. The van der Waals surface area contributed by atoms with Crippen LogP contribution in [0, 0.1) is 11.3 Å². The number of hydrogen-bond acceptors (Lipinski definition) is 3. The van der Waals surface area contributed by atoms with Crippen molar-refractivity contribution >= 4 is 11.6 Å². The normalized spacial score (nSPS) is 17.7. The molecule has 1 aromatic rings. The molecular weight excluding hydrogens is 214 g/mol. The summed E-state index contributed by atoms with van der Waals surface area (Å²) in [6.45, 7) is 1.48. The number of nitrogens with zero attached hydrogens (tertiary/aromatic N) is 3. The number of halogens is 1. The molecule has 0 saturated carbocycles. The summed E-state index contributed by atoms with van der Waals surface area (Å²) in [6.07, 6.45) is 1.84. The minimum absolute atomic E-state index is 0.312. The topological polar surface area (TPSA) is 50.8 Å². The SMILES string of the molecule is Cn1nc(C2CCOCC2)c(C#N)c1Cl. The Bertz CT molecular complexity index is 402. The molecule has 0 aromatic carbocycles. The van der Waals surface area contributed by atoms with E-state index in [0.29, 0.717) is 16.6 Å². The monoisotopic (exact) mass is 225 g/mol. The van der Waals surface area contributed by atoms with E-state index in [1.165, 1.54) is 0 Å². The summed E-state index contributed by atoms with van der Waals surface area (Å²) in [7, 11) is 1.76. The number of rotatable bonds is 1. The van der Waals surface area contributed by atoms with Gasteiger partial charge in [0.15, 0.2) is 0 Å². The Labute approximate surface area is 93.4 Å². The number of aryl methyl sites for hydroxylation is 1. The van der Waals surface area contributed by atoms with Gasteiger partial charge in [0, 0.05) is 26.2 Å². The third-order valence-electron chi connectivity index (χ3n) is 2.72. The molecule has 1 aromatic heterocycles. The van der Waals surface area contributed by atoms with Gasteiger partial charge in [-0.3, -0.25) is 4.68 Å². The summed E-state index contributed by atoms with van der Waals surface area (Å²) in [6, 6.07) is 2.13. The van der Waals surface area contributed by atoms with Gasteiger partial charge < -0.3 is 4.74 Å². The lowest BCUT2D eigenvalue weighted by Crippen LogP contribution is -2.15. The Morgan fingerprint density at radius 1 is 1.53 bits per heavy atom. The van der Waals surface area contributed by atoms with Crippen molar-refractivity contribution < 1.29 is 4.74 Å². The molecule has 80 valence electrons. The van der Waals surface area contributed by atoms with Gasteiger partial charge in [0.1, 0.15) is 16.8 Å². The van der Waals surface area contributed by atoms with Crippen LogP contribution in [0.3, 0.4) is 0 Å². The van der Waals surface area contributed by atoms with E-state index in [4.69, 9.17) is 21.6 Å². The molecule has 0 N–H and O–H groups in total. The van der Waals surface area contributed by atoms with Gasteiger partial charge in [0.2, 0.25) is 0 Å². The molecule has 0 spiro atoms. The van der Waals surface area contributed by atoms with Gasteiger partial charge >= 0.3 is 0 Å². The molecule has 15 heavy (non-hydrogen) atoms. The Morgan fingerprint density at radius 3 is 2.80 bits per heavy atom. The molecule has 2 rings (SSSR count). The van der Waals surface area contributed by atoms with E-state index in [0.717, 1.165) is 31.7 Å². The highest BCUT2D eigenvalue weighted by molar-refractivity contribution is 6.30. The Balaban J connectivity index is 2.35. The summed E-state index contributed by atoms with van der Waals surface area (Å²) < 4.78 is 6.84. The van der Waals surface area contributed by atoms with Crippen molar-refractivity contribution in [2.75, 3.05) is 13.2 Å². The summed E-state index contributed by atoms with van der Waals surface area (Å²) in [5.74, 6) is 0.312. The zero-order valence-corrected chi connectivity index (χ0v) is 9.29. The van der Waals surface area contributed by atoms with Gasteiger partial charge in [-0.25, -0.2) is 0 Å². The average molecular weight is 226 g/mol. The maximum atomic E-state index is 9.02. The number of hydrogen-bond donors (Lipinski definition) is 0. The Kier molecular flexibility index (Phi) is 2.94. The smallest absolute Gasteiger partial charge is 0.144 e. The Morgan fingerprint density at radius 2 is 2.20 bits per heavy atom. The van der Waals surface area contributed by atoms with Crippen LogP contribution in [0.25, 0.3) is 0 Å². The fraction of sp³-hybridized carbons (Fsp3) is 0.600. The van der Waals surface area contributed by atoms with Crippen LogP contribution in [0.4, 0.5) is 0 Å². The highest BCUT2D eigenvalue weighted by Gasteiger charge is 2.24. The predicted octanol–water partition coefficient (Wildman–Crippen LogP) is 1.84. The van der Waals surface area contributed by atoms with Crippen LogP contribution in [0.2, 0.25) is 5.15 Å². The minimum Gasteiger partial charge on any atom is -0.381 e. The highest BCUT2D eigenvalue weighted by atomic mass is 35.5. The summed E-state index contributed by atoms with van der Waals surface area (Å²) in [5.41, 5.74) is 1.35. The second kappa shape index (κ2) is 4.21. The maximum Gasteiger partial charge on any atom is 0.144 e. The van der Waals surface area contributed by atoms with E-state index < -0.39 is 0 Å². The first-order chi connectivity index (χ1) is 7.24. The molecule has 0 amide bonds. The van der Waals surface area contributed by atoms with Crippen molar-refractivity contribution in [3.05, 3.63) is 16.4 Å². The van der Waals surface area contributed by atoms with Gasteiger partial charge in [0.05, 0.1) is 5.69 Å². The zero-order chi connectivity index (χ0) is 10.8. The first-order valence-electron chi connectivity index (χ1n) is 4.94. The van der Waals surface area contributed by atoms with Crippen molar-refractivity contribution in [1.82, 2.24) is 9.78 Å². The van der Waals surface area contributed by atoms with Gasteiger partial charge in [-0.05, 0) is 12.8 Å². The molecule has 0 atom stereocenters. The highest BCUT2D eigenvalue weighted by Crippen LogP contribution is 2.31. The van der Waals surface area contributed by atoms with Gasteiger partial charge in [-0.2, -0.15) is 10.4 Å². The first kappa shape index (κ1) is 10.5. The lowest BCUT2D eigenvalue weighted by atomic mass is 9.94. The van der Waals surface area contributed by atoms with Gasteiger partial charge in [-0.15, -0.1) is 0 Å². The molecule has 4 nitrogen and oxygen atoms in total. The number of nitriles is 1. The molecule has 0 unspecified atom stereocenters. The molecule has 1 aliphatic heterocycles. The second-order valence-electron chi connectivity index (χ2n) is 3.67. The largest absolute Gasteiger partial charge is 0.381 e. The van der Waals surface area contributed by atoms with Crippen LogP contribution in [0.1, 0.15) is 30.0 Å². The minimum atomic E-state index is 0.312. The van der Waals surface area contributed by atoms with Crippen LogP contribution in [0.15, 0.2) is 0 Å². The van der Waals surface area contributed by atoms with E-state index >= 15 is 0 Å². The van der Waals surface area contributed by atoms with Gasteiger partial charge in [0.25, 0.3) is 0 Å². The number of ether oxygens (including phenoxy) is 1. The lowest BCUT2D eigenvalue weighted by molar-refractivity contribution is 0.0843. The van der Waals surface area contributed by atoms with E-state index in [2.05, 4.69) is 11.2 Å². The molecule has 0 bridgehead atoms. The third kappa shape index (κ3) is 1.85. The molecular formula is C10H12ClN3O. The standard InChI is InChI=1S/C10H12ClN3O/c1-14-10(11)8(6-12)9(13-14)7-2-4-15-5-3-7/h7H,2-5H2,1H3. The second-order valence-corrected chi connectivity index (χ2v) is 4.03. The lowest BCUT2D eigenvalue weighted by Gasteiger charge is -2.20. The molecule has 1 fully saturated rings. The predicted molar refractivity (Wildman–Crippen MR) is 55.7 cm³/mol. The van der Waals surface area contributed by atoms with Crippen molar-refractivity contribution in [3.8, 4) is 6.07 Å². The number of aromatic nitrogens is 2. The average Bonchev–Trinajstić information content (AvgIpc) is 2.56. The van der Waals surface area contributed by atoms with Crippen LogP contribution in [-0.4, -0.2) is 23.0 Å². The maximum absolute atomic E-state index is 9.02. The van der Waals surface area contributed by atoms with Crippen molar-refractivity contribution in [2.24, 2.45) is 7.05 Å². The van der Waals surface area contributed by atoms with Crippen molar-refractivity contribution in [2.45, 2.75) is 18.8 Å². The van der Waals surface area contributed by atoms with E-state index in [1.54, 1.807) is 11.7 Å². The van der Waals surface area contributed by atoms with E-state index in [-0.39, 0.29) is 0 Å². The quantitative estimate of drug-likeness (QED) is 0.733. The molecule has 1 aliphatic rings. The molecule has 1 saturated heterocycles. The molecule has 2 heterocycles. The van der Waals surface area contributed by atoms with Crippen molar-refractivity contribution in [1.29, 1.82) is 5.26 Å². The van der Waals surface area contributed by atoms with Crippen LogP contribution >= 0.6 is 11.6 Å². The zero-order valence-electron chi connectivity index (χ0n) is 8.53. The fourth-order valence-corrected chi connectivity index (χ4v) is 2.06. The molecule has 5 heteroatoms. The van der Waals surface area contributed by atoms with Crippen LogP contribution < -0.4 is 0 Å². The first-order valence-corrected chi connectivity index (χ1v) is 5.32. The van der Waals surface area contributed by atoms with Gasteiger partial charge in [-0.1, -0.05) is 11.6 Å². The third-order valence-corrected chi connectivity index (χ3v) is 3.16. The van der Waals surface area contributed by atoms with Crippen LogP contribution in [-0.2, 0) is 11.8 Å². The Hall–Kier alpha value is -1.05. The summed E-state index contributed by atoms with van der Waals surface area (Å²) in [5, 5.41) is 13.8. The fourth-order valence-electron chi connectivity index (χ4n) is 1.88. The molecule has 0 radical (unpaired) electrons. The van der Waals surface area contributed by atoms with Crippen molar-refractivity contribution in [3.63, 3.8) is 0 Å². The van der Waals surface area contributed by atoms with E-state index in [1.807, 2.05) is 0 Å². The summed E-state index contributed by atoms with van der Waals surface area (Å²) >= 11 is 5.98. The molecule has 0 aliphatic carbocycles. The van der Waals surface area contributed by atoms with Crippen LogP contribution in [0.5, 0.6) is 0 Å². The van der Waals surface area contributed by atoms with E-state index in [9.17, 15) is 0 Å².